The van der Waals surface area contributed by atoms with Crippen LogP contribution >= 0.6 is 0 Å². The van der Waals surface area contributed by atoms with Gasteiger partial charge in [0, 0.05) is 17.3 Å². The topological polar surface area (TPSA) is 119 Å². The van der Waals surface area contributed by atoms with Gasteiger partial charge in [-0.25, -0.2) is 0 Å². The molecule has 0 saturated carbocycles. The number of hydrogen-bond acceptors (Lipinski definition) is 5. The van der Waals surface area contributed by atoms with Crippen LogP contribution in [0, 0.1) is 30.9 Å². The fourth-order valence-electron chi connectivity index (χ4n) is 2.27. The number of carbonyl (C=O) groups excluding carboxylic acids is 2. The first-order chi connectivity index (χ1) is 11.3. The number of aromatic nitrogens is 2. The average molecular weight is 331 g/mol. The lowest BCUT2D eigenvalue weighted by atomic mass is 10.1. The first kappa shape index (κ1) is 17.1. The van der Waals surface area contributed by atoms with Crippen molar-refractivity contribution in [2.75, 3.05) is 0 Å². The molecule has 9 nitrogen and oxygen atoms in total. The quantitative estimate of drug-likeness (QED) is 0.644. The van der Waals surface area contributed by atoms with E-state index in [0.717, 1.165) is 11.4 Å². The molecule has 1 heterocycles. The Labute approximate surface area is 137 Å². The van der Waals surface area contributed by atoms with Gasteiger partial charge in [-0.05, 0) is 32.9 Å². The molecule has 0 saturated heterocycles. The number of hydrazine groups is 1. The first-order valence-electron chi connectivity index (χ1n) is 7.14. The SMILES string of the molecule is Cc1cc(C)n(CC(=O)NNC(=O)c2cccc([N+](=O)[O-])c2C)n1. The number of nitro groups is 1. The molecule has 0 spiro atoms. The van der Waals surface area contributed by atoms with Crippen molar-refractivity contribution in [3.8, 4) is 0 Å². The molecule has 2 N–H and O–H groups in total. The van der Waals surface area contributed by atoms with Crippen molar-refractivity contribution in [3.63, 3.8) is 0 Å². The summed E-state index contributed by atoms with van der Waals surface area (Å²) in [6.07, 6.45) is 0. The van der Waals surface area contributed by atoms with Crippen LogP contribution in [-0.4, -0.2) is 26.5 Å². The molecule has 126 valence electrons. The number of hydrogen-bond donors (Lipinski definition) is 2. The van der Waals surface area contributed by atoms with Crippen LogP contribution in [0.25, 0.3) is 0 Å². The Morgan fingerprint density at radius 3 is 2.54 bits per heavy atom. The predicted molar refractivity (Wildman–Crippen MR) is 85.1 cm³/mol. The highest BCUT2D eigenvalue weighted by atomic mass is 16.6. The van der Waals surface area contributed by atoms with E-state index in [1.54, 1.807) is 0 Å². The van der Waals surface area contributed by atoms with Gasteiger partial charge in [0.25, 0.3) is 17.5 Å². The number of rotatable bonds is 4. The molecule has 0 fully saturated rings. The van der Waals surface area contributed by atoms with Crippen LogP contribution in [0.3, 0.4) is 0 Å². The third-order valence-corrected chi connectivity index (χ3v) is 3.46. The molecule has 0 radical (unpaired) electrons. The molecule has 24 heavy (non-hydrogen) atoms. The molecule has 2 aromatic rings. The second kappa shape index (κ2) is 6.90. The number of aryl methyl sites for hydroxylation is 2. The lowest BCUT2D eigenvalue weighted by Crippen LogP contribution is -2.43. The van der Waals surface area contributed by atoms with Gasteiger partial charge in [0.2, 0.25) is 0 Å². The number of nitrogens with zero attached hydrogens (tertiary/aromatic N) is 3. The predicted octanol–water partition coefficient (Wildman–Crippen LogP) is 1.18. The minimum Gasteiger partial charge on any atom is -0.271 e. The van der Waals surface area contributed by atoms with E-state index in [1.807, 2.05) is 19.9 Å². The third kappa shape index (κ3) is 3.75. The lowest BCUT2D eigenvalue weighted by molar-refractivity contribution is -0.385. The molecule has 0 aliphatic rings. The normalized spacial score (nSPS) is 10.3. The number of carbonyl (C=O) groups is 2. The van der Waals surface area contributed by atoms with Gasteiger partial charge in [-0.1, -0.05) is 6.07 Å². The second-order valence-corrected chi connectivity index (χ2v) is 5.29. The molecule has 1 aromatic heterocycles. The number of benzene rings is 1. The average Bonchev–Trinajstić information content (AvgIpc) is 2.82. The summed E-state index contributed by atoms with van der Waals surface area (Å²) in [7, 11) is 0. The summed E-state index contributed by atoms with van der Waals surface area (Å²) in [5, 5.41) is 15.0. The van der Waals surface area contributed by atoms with Crippen molar-refractivity contribution < 1.29 is 14.5 Å². The summed E-state index contributed by atoms with van der Waals surface area (Å²) in [5.74, 6) is -1.09. The molecule has 0 bridgehead atoms. The summed E-state index contributed by atoms with van der Waals surface area (Å²) in [6.45, 7) is 5.06. The molecule has 9 heteroatoms. The van der Waals surface area contributed by atoms with Gasteiger partial charge in [-0.15, -0.1) is 0 Å². The Morgan fingerprint density at radius 1 is 1.25 bits per heavy atom. The zero-order valence-corrected chi connectivity index (χ0v) is 13.5. The van der Waals surface area contributed by atoms with E-state index in [0.29, 0.717) is 0 Å². The van der Waals surface area contributed by atoms with E-state index < -0.39 is 16.7 Å². The maximum Gasteiger partial charge on any atom is 0.273 e. The van der Waals surface area contributed by atoms with Crippen LogP contribution < -0.4 is 10.9 Å². The van der Waals surface area contributed by atoms with Crippen molar-refractivity contribution in [1.29, 1.82) is 0 Å². The fraction of sp³-hybridized carbons (Fsp3) is 0.267. The van der Waals surface area contributed by atoms with Crippen LogP contribution in [0.15, 0.2) is 24.3 Å². The van der Waals surface area contributed by atoms with Gasteiger partial charge in [-0.3, -0.25) is 35.2 Å². The minimum absolute atomic E-state index is 0.0477. The van der Waals surface area contributed by atoms with E-state index in [9.17, 15) is 19.7 Å². The molecule has 2 amide bonds. The molecule has 2 rings (SSSR count). The van der Waals surface area contributed by atoms with Crippen molar-refractivity contribution >= 4 is 17.5 Å². The maximum absolute atomic E-state index is 12.1. The van der Waals surface area contributed by atoms with E-state index in [2.05, 4.69) is 16.0 Å². The van der Waals surface area contributed by atoms with Crippen molar-refractivity contribution in [3.05, 3.63) is 56.9 Å². The Bertz CT molecular complexity index is 812. The minimum atomic E-state index is -0.627. The van der Waals surface area contributed by atoms with Crippen molar-refractivity contribution in [2.45, 2.75) is 27.3 Å². The Balaban J connectivity index is 2.00. The Kier molecular flexibility index (Phi) is 4.93. The van der Waals surface area contributed by atoms with Crippen LogP contribution in [0.1, 0.15) is 27.3 Å². The lowest BCUT2D eigenvalue weighted by Gasteiger charge is -2.10. The van der Waals surface area contributed by atoms with Gasteiger partial charge in [0.15, 0.2) is 0 Å². The van der Waals surface area contributed by atoms with Crippen molar-refractivity contribution in [2.24, 2.45) is 0 Å². The Hall–Kier alpha value is -3.23. The van der Waals surface area contributed by atoms with Crippen molar-refractivity contribution in [1.82, 2.24) is 20.6 Å². The summed E-state index contributed by atoms with van der Waals surface area (Å²) >= 11 is 0. The molecule has 0 aliphatic heterocycles. The zero-order valence-electron chi connectivity index (χ0n) is 13.5. The van der Waals surface area contributed by atoms with Gasteiger partial charge in [0.05, 0.1) is 16.2 Å². The van der Waals surface area contributed by atoms with Gasteiger partial charge in [0.1, 0.15) is 6.54 Å². The van der Waals surface area contributed by atoms with Crippen LogP contribution in [0.5, 0.6) is 0 Å². The van der Waals surface area contributed by atoms with Crippen LogP contribution in [0.4, 0.5) is 5.69 Å². The van der Waals surface area contributed by atoms with Crippen LogP contribution in [0.2, 0.25) is 0 Å². The van der Waals surface area contributed by atoms with E-state index >= 15 is 0 Å². The number of nitrogens with one attached hydrogen (secondary N) is 2. The summed E-state index contributed by atoms with van der Waals surface area (Å²) in [4.78, 5) is 34.3. The standard InChI is InChI=1S/C15H17N5O4/c1-9-7-10(2)19(18-9)8-14(21)16-17-15(22)12-5-4-6-13(11(12)3)20(23)24/h4-7H,8H2,1-3H3,(H,16,21)(H,17,22). The van der Waals surface area contributed by atoms with E-state index in [-0.39, 0.29) is 23.4 Å². The second-order valence-electron chi connectivity index (χ2n) is 5.29. The maximum atomic E-state index is 12.1. The van der Waals surface area contributed by atoms with E-state index in [1.165, 1.54) is 29.8 Å². The first-order valence-corrected chi connectivity index (χ1v) is 7.14. The number of nitro benzene ring substituents is 1. The van der Waals surface area contributed by atoms with E-state index in [4.69, 9.17) is 0 Å². The Morgan fingerprint density at radius 2 is 1.96 bits per heavy atom. The molecule has 0 unspecified atom stereocenters. The molecule has 0 atom stereocenters. The van der Waals surface area contributed by atoms with Crippen LogP contribution in [-0.2, 0) is 11.3 Å². The molecular formula is C15H17N5O4. The molecule has 0 aliphatic carbocycles. The number of amides is 2. The zero-order chi connectivity index (χ0) is 17.9. The summed E-state index contributed by atoms with van der Waals surface area (Å²) in [6, 6.07) is 6.01. The highest BCUT2D eigenvalue weighted by molar-refractivity contribution is 5.97. The molecular weight excluding hydrogens is 314 g/mol. The monoisotopic (exact) mass is 331 g/mol. The summed E-state index contributed by atoms with van der Waals surface area (Å²) in [5.41, 5.74) is 6.33. The highest BCUT2D eigenvalue weighted by Gasteiger charge is 2.18. The highest BCUT2D eigenvalue weighted by Crippen LogP contribution is 2.20. The van der Waals surface area contributed by atoms with Gasteiger partial charge in [-0.2, -0.15) is 5.10 Å². The third-order valence-electron chi connectivity index (χ3n) is 3.46. The van der Waals surface area contributed by atoms with Gasteiger partial charge >= 0.3 is 0 Å². The molecule has 1 aromatic carbocycles. The summed E-state index contributed by atoms with van der Waals surface area (Å²) < 4.78 is 1.51. The fourth-order valence-corrected chi connectivity index (χ4v) is 2.27. The van der Waals surface area contributed by atoms with Gasteiger partial charge < -0.3 is 0 Å². The smallest absolute Gasteiger partial charge is 0.271 e. The largest absolute Gasteiger partial charge is 0.273 e.